The fourth-order valence-electron chi connectivity index (χ4n) is 4.41. The van der Waals surface area contributed by atoms with Crippen LogP contribution < -0.4 is 16.9 Å². The first-order chi connectivity index (χ1) is 21.1. The van der Waals surface area contributed by atoms with E-state index in [2.05, 4.69) is 10.4 Å². The molecule has 0 aliphatic rings. The predicted octanol–water partition coefficient (Wildman–Crippen LogP) is 3.71. The second-order valence-electron chi connectivity index (χ2n) is 10.2. The molecule has 0 unspecified atom stereocenters. The minimum absolute atomic E-state index is 0.00531. The van der Waals surface area contributed by atoms with Crippen molar-refractivity contribution < 1.29 is 18.0 Å². The van der Waals surface area contributed by atoms with Crippen LogP contribution in [0.1, 0.15) is 35.1 Å². The van der Waals surface area contributed by atoms with E-state index >= 15 is 0 Å². The van der Waals surface area contributed by atoms with E-state index in [0.717, 1.165) is 27.4 Å². The van der Waals surface area contributed by atoms with Gasteiger partial charge in [0.25, 0.3) is 0 Å². The maximum atomic E-state index is 13.8. The smallest absolute Gasteiger partial charge is 0.245 e. The predicted molar refractivity (Wildman–Crippen MR) is 175 cm³/mol. The number of amides is 2. The van der Waals surface area contributed by atoms with E-state index in [0.29, 0.717) is 43.1 Å². The molecule has 0 fully saturated rings. The topological polar surface area (TPSA) is 151 Å². The molecule has 0 saturated carbocycles. The van der Waals surface area contributed by atoms with E-state index in [4.69, 9.17) is 34.8 Å². The van der Waals surface area contributed by atoms with E-state index in [-0.39, 0.29) is 28.9 Å². The lowest BCUT2D eigenvalue weighted by Crippen LogP contribution is -2.45. The summed E-state index contributed by atoms with van der Waals surface area (Å²) >= 11 is 12.5. The van der Waals surface area contributed by atoms with Crippen molar-refractivity contribution in [3.05, 3.63) is 99.0 Å². The van der Waals surface area contributed by atoms with Crippen LogP contribution in [-0.4, -0.2) is 68.4 Å². The Balaban J connectivity index is 1.74. The number of nitrogens with two attached hydrogens (primary N) is 2. The summed E-state index contributed by atoms with van der Waals surface area (Å²) in [5.74, 6) is 4.29. The van der Waals surface area contributed by atoms with Crippen molar-refractivity contribution in [2.45, 2.75) is 37.6 Å². The summed E-state index contributed by atoms with van der Waals surface area (Å²) in [7, 11) is -4.20. The average molecular weight is 662 g/mol. The van der Waals surface area contributed by atoms with Gasteiger partial charge in [-0.1, -0.05) is 77.8 Å². The highest BCUT2D eigenvalue weighted by Gasteiger charge is 2.30. The lowest BCUT2D eigenvalue weighted by molar-refractivity contribution is -0.133. The van der Waals surface area contributed by atoms with Crippen molar-refractivity contribution in [2.75, 3.05) is 32.7 Å². The van der Waals surface area contributed by atoms with Gasteiger partial charge in [-0.2, -0.15) is 9.41 Å². The second-order valence-corrected chi connectivity index (χ2v) is 12.9. The number of sulfonamides is 1. The zero-order valence-corrected chi connectivity index (χ0v) is 26.9. The third-order valence-corrected chi connectivity index (χ3v) is 9.86. The highest BCUT2D eigenvalue weighted by atomic mass is 35.5. The van der Waals surface area contributed by atoms with Gasteiger partial charge in [0.15, 0.2) is 0 Å². The Morgan fingerprint density at radius 3 is 2.32 bits per heavy atom. The number of unbranched alkanes of at least 4 members (excludes halogenated alkanes) is 1. The Bertz CT molecular complexity index is 1540. The second kappa shape index (κ2) is 17.1. The van der Waals surface area contributed by atoms with Crippen molar-refractivity contribution in [3.63, 3.8) is 0 Å². The van der Waals surface area contributed by atoms with Crippen LogP contribution in [-0.2, 0) is 32.6 Å². The van der Waals surface area contributed by atoms with Crippen LogP contribution >= 0.6 is 23.2 Å². The van der Waals surface area contributed by atoms with Crippen molar-refractivity contribution in [1.29, 1.82) is 0 Å². The Hall–Kier alpha value is -3.48. The molecule has 0 spiro atoms. The monoisotopic (exact) mass is 660 g/mol. The maximum absolute atomic E-state index is 13.8. The number of halogens is 2. The fourth-order valence-corrected chi connectivity index (χ4v) is 6.59. The lowest BCUT2D eigenvalue weighted by Gasteiger charge is -2.25. The van der Waals surface area contributed by atoms with Crippen molar-refractivity contribution >= 4 is 51.3 Å². The first kappa shape index (κ1) is 35.0. The molecular formula is C31H38Cl2N6O4S. The number of benzene rings is 3. The first-order valence-electron chi connectivity index (χ1n) is 14.1. The first-order valence-corrected chi connectivity index (χ1v) is 16.3. The standard InChI is InChI=1S/C31H38Cl2N6O4S/c1-23-27(32)13-14-28(31(23)33)44(42,43)39(18-15-24-7-3-2-4-8-24)22-29(40)36-20-30(41)38(17-6-5-16-34)21-26-11-9-25(10-12-26)19-37-35/h2-4,7-14,19H,5-6,15-18,20-22,34-35H2,1H3,(H,36,40). The molecule has 0 aromatic heterocycles. The highest BCUT2D eigenvalue weighted by molar-refractivity contribution is 7.89. The van der Waals surface area contributed by atoms with E-state index in [1.165, 1.54) is 18.3 Å². The van der Waals surface area contributed by atoms with Crippen LogP contribution in [0.5, 0.6) is 0 Å². The van der Waals surface area contributed by atoms with E-state index in [1.54, 1.807) is 11.8 Å². The molecule has 3 aromatic carbocycles. The van der Waals surface area contributed by atoms with Crippen molar-refractivity contribution in [1.82, 2.24) is 14.5 Å². The van der Waals surface area contributed by atoms with Gasteiger partial charge in [-0.05, 0) is 67.1 Å². The molecule has 0 aliphatic carbocycles. The third kappa shape index (κ3) is 10.0. The molecule has 0 atom stereocenters. The van der Waals surface area contributed by atoms with Gasteiger partial charge < -0.3 is 21.8 Å². The van der Waals surface area contributed by atoms with E-state index in [1.807, 2.05) is 54.6 Å². The van der Waals surface area contributed by atoms with Gasteiger partial charge in [0, 0.05) is 24.7 Å². The number of carbonyl (C=O) groups excluding carboxylic acids is 2. The van der Waals surface area contributed by atoms with E-state index in [9.17, 15) is 18.0 Å². The van der Waals surface area contributed by atoms with Gasteiger partial charge >= 0.3 is 0 Å². The van der Waals surface area contributed by atoms with Gasteiger partial charge in [-0.15, -0.1) is 0 Å². The molecule has 2 amide bonds. The number of nitrogens with zero attached hydrogens (tertiary/aromatic N) is 3. The molecule has 10 nitrogen and oxygen atoms in total. The Morgan fingerprint density at radius 2 is 1.66 bits per heavy atom. The molecule has 3 rings (SSSR count). The molecule has 0 aliphatic heterocycles. The summed E-state index contributed by atoms with van der Waals surface area (Å²) in [6.07, 6.45) is 3.32. The Labute approximate surface area is 269 Å². The normalized spacial score (nSPS) is 11.7. The summed E-state index contributed by atoms with van der Waals surface area (Å²) in [4.78, 5) is 27.8. The zero-order chi connectivity index (χ0) is 32.1. The number of hydrogen-bond acceptors (Lipinski definition) is 7. The van der Waals surface area contributed by atoms with Crippen LogP contribution in [0.3, 0.4) is 0 Å². The zero-order valence-electron chi connectivity index (χ0n) is 24.6. The van der Waals surface area contributed by atoms with Crippen LogP contribution in [0.2, 0.25) is 10.0 Å². The van der Waals surface area contributed by atoms with Crippen molar-refractivity contribution in [2.24, 2.45) is 16.7 Å². The number of hydrogen-bond donors (Lipinski definition) is 3. The molecule has 44 heavy (non-hydrogen) atoms. The molecule has 0 radical (unpaired) electrons. The summed E-state index contributed by atoms with van der Waals surface area (Å²) in [5.41, 5.74) is 8.68. The molecule has 0 bridgehead atoms. The Morgan fingerprint density at radius 1 is 0.955 bits per heavy atom. The lowest BCUT2D eigenvalue weighted by atomic mass is 10.1. The fraction of sp³-hybridized carbons (Fsp3) is 0.323. The molecule has 236 valence electrons. The van der Waals surface area contributed by atoms with Gasteiger partial charge in [0.1, 0.15) is 4.90 Å². The number of hydrazone groups is 1. The van der Waals surface area contributed by atoms with Gasteiger partial charge in [0.05, 0.1) is 24.3 Å². The summed E-state index contributed by atoms with van der Waals surface area (Å²) in [5, 5.41) is 6.44. The Kier molecular flexibility index (Phi) is 13.6. The average Bonchev–Trinajstić information content (AvgIpc) is 3.01. The van der Waals surface area contributed by atoms with Gasteiger partial charge in [0.2, 0.25) is 21.8 Å². The van der Waals surface area contributed by atoms with Crippen LogP contribution in [0.25, 0.3) is 0 Å². The molecule has 0 heterocycles. The SMILES string of the molecule is Cc1c(Cl)ccc(S(=O)(=O)N(CCc2ccccc2)CC(=O)NCC(=O)N(CCCCN)Cc2ccc(C=NN)cc2)c1Cl. The molecule has 3 aromatic rings. The molecule has 13 heteroatoms. The molecular weight excluding hydrogens is 623 g/mol. The largest absolute Gasteiger partial charge is 0.346 e. The quantitative estimate of drug-likeness (QED) is 0.0922. The van der Waals surface area contributed by atoms with E-state index < -0.39 is 22.5 Å². The third-order valence-electron chi connectivity index (χ3n) is 6.96. The molecule has 5 N–H and O–H groups in total. The molecule has 0 saturated heterocycles. The van der Waals surface area contributed by atoms with Gasteiger partial charge in [-0.25, -0.2) is 8.42 Å². The maximum Gasteiger partial charge on any atom is 0.245 e. The number of rotatable bonds is 16. The minimum Gasteiger partial charge on any atom is -0.346 e. The van der Waals surface area contributed by atoms with Crippen LogP contribution in [0.15, 0.2) is 76.7 Å². The number of nitrogens with one attached hydrogen (secondary N) is 1. The minimum atomic E-state index is -4.20. The van der Waals surface area contributed by atoms with Crippen LogP contribution in [0, 0.1) is 6.92 Å². The van der Waals surface area contributed by atoms with Gasteiger partial charge in [-0.3, -0.25) is 9.59 Å². The van der Waals surface area contributed by atoms with Crippen LogP contribution in [0.4, 0.5) is 0 Å². The summed E-state index contributed by atoms with van der Waals surface area (Å²) in [6, 6.07) is 19.6. The number of carbonyl (C=O) groups is 2. The summed E-state index contributed by atoms with van der Waals surface area (Å²) in [6.45, 7) is 2.11. The van der Waals surface area contributed by atoms with Crippen molar-refractivity contribution in [3.8, 4) is 0 Å². The highest BCUT2D eigenvalue weighted by Crippen LogP contribution is 2.32. The summed E-state index contributed by atoms with van der Waals surface area (Å²) < 4.78 is 28.6.